The van der Waals surface area contributed by atoms with E-state index in [1.54, 1.807) is 31.4 Å². The summed E-state index contributed by atoms with van der Waals surface area (Å²) >= 11 is 0. The third-order valence-corrected chi connectivity index (χ3v) is 3.47. The van der Waals surface area contributed by atoms with Crippen molar-refractivity contribution in [1.82, 2.24) is 0 Å². The van der Waals surface area contributed by atoms with E-state index in [1.807, 2.05) is 30.3 Å². The number of hydrogen-bond acceptors (Lipinski definition) is 3. The number of carboxylic acid groups (broad SMARTS) is 1. The van der Waals surface area contributed by atoms with Gasteiger partial charge in [-0.05, 0) is 42.7 Å². The zero-order chi connectivity index (χ0) is 15.8. The van der Waals surface area contributed by atoms with Crippen molar-refractivity contribution < 1.29 is 19.4 Å². The number of ether oxygens (including phenoxy) is 2. The molecule has 1 unspecified atom stereocenters. The van der Waals surface area contributed by atoms with Crippen LogP contribution in [0.5, 0.6) is 11.5 Å². The van der Waals surface area contributed by atoms with Gasteiger partial charge in [0.2, 0.25) is 0 Å². The van der Waals surface area contributed by atoms with E-state index in [0.29, 0.717) is 19.4 Å². The van der Waals surface area contributed by atoms with Gasteiger partial charge in [-0.1, -0.05) is 30.3 Å². The minimum absolute atomic E-state index is 0.504. The van der Waals surface area contributed by atoms with Crippen LogP contribution >= 0.6 is 0 Å². The normalized spacial score (nSPS) is 11.7. The van der Waals surface area contributed by atoms with Crippen LogP contribution in [0.3, 0.4) is 0 Å². The standard InChI is InChI=1S/C18H20O4/c1-21-15-11-9-14(10-12-15)17(18(19)20)8-5-13-22-16-6-3-2-4-7-16/h2-4,6-7,9-12,17H,5,8,13H2,1H3,(H,19,20). The first-order valence-corrected chi connectivity index (χ1v) is 7.25. The highest BCUT2D eigenvalue weighted by Gasteiger charge is 2.19. The Bertz CT molecular complexity index is 578. The number of carboxylic acids is 1. The topological polar surface area (TPSA) is 55.8 Å². The molecule has 2 aromatic carbocycles. The van der Waals surface area contributed by atoms with Gasteiger partial charge in [0.15, 0.2) is 0 Å². The van der Waals surface area contributed by atoms with Gasteiger partial charge in [-0.3, -0.25) is 4.79 Å². The van der Waals surface area contributed by atoms with Crippen molar-refractivity contribution in [3.8, 4) is 11.5 Å². The summed E-state index contributed by atoms with van der Waals surface area (Å²) in [7, 11) is 1.59. The maximum Gasteiger partial charge on any atom is 0.310 e. The number of hydrogen-bond donors (Lipinski definition) is 1. The van der Waals surface area contributed by atoms with Crippen LogP contribution in [0.1, 0.15) is 24.3 Å². The minimum atomic E-state index is -0.815. The number of benzene rings is 2. The van der Waals surface area contributed by atoms with Crippen LogP contribution in [0.25, 0.3) is 0 Å². The van der Waals surface area contributed by atoms with Crippen molar-refractivity contribution in [3.05, 3.63) is 60.2 Å². The van der Waals surface area contributed by atoms with Crippen molar-refractivity contribution >= 4 is 5.97 Å². The van der Waals surface area contributed by atoms with Gasteiger partial charge in [0.25, 0.3) is 0 Å². The molecule has 0 saturated carbocycles. The molecule has 1 atom stereocenters. The quantitative estimate of drug-likeness (QED) is 0.755. The lowest BCUT2D eigenvalue weighted by atomic mass is 9.94. The van der Waals surface area contributed by atoms with Crippen LogP contribution in [0.15, 0.2) is 54.6 Å². The average Bonchev–Trinajstić information content (AvgIpc) is 2.56. The fourth-order valence-electron chi connectivity index (χ4n) is 2.26. The van der Waals surface area contributed by atoms with Gasteiger partial charge in [0.05, 0.1) is 19.6 Å². The van der Waals surface area contributed by atoms with E-state index >= 15 is 0 Å². The molecule has 0 saturated heterocycles. The monoisotopic (exact) mass is 300 g/mol. The lowest BCUT2D eigenvalue weighted by molar-refractivity contribution is -0.139. The molecular formula is C18H20O4. The molecule has 116 valence electrons. The summed E-state index contributed by atoms with van der Waals surface area (Å²) in [5.41, 5.74) is 0.785. The van der Waals surface area contributed by atoms with Gasteiger partial charge < -0.3 is 14.6 Å². The maximum atomic E-state index is 11.4. The average molecular weight is 300 g/mol. The summed E-state index contributed by atoms with van der Waals surface area (Å²) in [4.78, 5) is 11.4. The van der Waals surface area contributed by atoms with Gasteiger partial charge in [-0.15, -0.1) is 0 Å². The molecule has 4 heteroatoms. The Morgan fingerprint density at radius 2 is 1.73 bits per heavy atom. The Balaban J connectivity index is 1.87. The summed E-state index contributed by atoms with van der Waals surface area (Å²) in [6.45, 7) is 0.504. The molecule has 0 aliphatic heterocycles. The van der Waals surface area contributed by atoms with Crippen molar-refractivity contribution in [2.45, 2.75) is 18.8 Å². The van der Waals surface area contributed by atoms with Crippen LogP contribution < -0.4 is 9.47 Å². The second kappa shape index (κ2) is 8.08. The van der Waals surface area contributed by atoms with Crippen LogP contribution in [0, 0.1) is 0 Å². The Labute approximate surface area is 130 Å². The summed E-state index contributed by atoms with van der Waals surface area (Å²) in [5, 5.41) is 9.40. The predicted molar refractivity (Wildman–Crippen MR) is 84.5 cm³/mol. The SMILES string of the molecule is COc1ccc(C(CCCOc2ccccc2)C(=O)O)cc1. The highest BCUT2D eigenvalue weighted by molar-refractivity contribution is 5.76. The summed E-state index contributed by atoms with van der Waals surface area (Å²) < 4.78 is 10.7. The number of rotatable bonds is 8. The fourth-order valence-corrected chi connectivity index (χ4v) is 2.26. The van der Waals surface area contributed by atoms with Gasteiger partial charge in [-0.25, -0.2) is 0 Å². The summed E-state index contributed by atoms with van der Waals surface area (Å²) in [6, 6.07) is 16.7. The highest BCUT2D eigenvalue weighted by Crippen LogP contribution is 2.24. The van der Waals surface area contributed by atoms with Crippen molar-refractivity contribution in [1.29, 1.82) is 0 Å². The molecule has 2 aromatic rings. The largest absolute Gasteiger partial charge is 0.497 e. The van der Waals surface area contributed by atoms with Crippen LogP contribution in [0.2, 0.25) is 0 Å². The number of para-hydroxylation sites is 1. The second-order valence-electron chi connectivity index (χ2n) is 4.97. The minimum Gasteiger partial charge on any atom is -0.497 e. The van der Waals surface area contributed by atoms with Crippen molar-refractivity contribution in [2.24, 2.45) is 0 Å². The van der Waals surface area contributed by atoms with Crippen LogP contribution in [-0.2, 0) is 4.79 Å². The lowest BCUT2D eigenvalue weighted by Gasteiger charge is -2.13. The molecule has 0 aromatic heterocycles. The third kappa shape index (κ3) is 4.52. The fraction of sp³-hybridized carbons (Fsp3) is 0.278. The van der Waals surface area contributed by atoms with Gasteiger partial charge >= 0.3 is 5.97 Å². The summed E-state index contributed by atoms with van der Waals surface area (Å²) in [6.07, 6.45) is 1.21. The molecule has 4 nitrogen and oxygen atoms in total. The highest BCUT2D eigenvalue weighted by atomic mass is 16.5. The van der Waals surface area contributed by atoms with Gasteiger partial charge in [0.1, 0.15) is 11.5 Å². The lowest BCUT2D eigenvalue weighted by Crippen LogP contribution is -2.13. The second-order valence-corrected chi connectivity index (χ2v) is 4.97. The van der Waals surface area contributed by atoms with E-state index in [2.05, 4.69) is 0 Å². The molecular weight excluding hydrogens is 280 g/mol. The molecule has 1 N–H and O–H groups in total. The Morgan fingerprint density at radius 3 is 2.32 bits per heavy atom. The Kier molecular flexibility index (Phi) is 5.83. The first-order valence-electron chi connectivity index (χ1n) is 7.25. The molecule has 0 spiro atoms. The van der Waals surface area contributed by atoms with Crippen molar-refractivity contribution in [3.63, 3.8) is 0 Å². The molecule has 2 rings (SSSR count). The molecule has 0 bridgehead atoms. The smallest absolute Gasteiger partial charge is 0.310 e. The molecule has 22 heavy (non-hydrogen) atoms. The molecule has 0 aliphatic rings. The number of aliphatic carboxylic acids is 1. The van der Waals surface area contributed by atoms with E-state index in [4.69, 9.17) is 9.47 Å². The van der Waals surface area contributed by atoms with Crippen LogP contribution in [0.4, 0.5) is 0 Å². The van der Waals surface area contributed by atoms with Gasteiger partial charge in [-0.2, -0.15) is 0 Å². The molecule has 0 radical (unpaired) electrons. The molecule has 0 aliphatic carbocycles. The Morgan fingerprint density at radius 1 is 1.05 bits per heavy atom. The predicted octanol–water partition coefficient (Wildman–Crippen LogP) is 3.72. The van der Waals surface area contributed by atoms with E-state index in [0.717, 1.165) is 17.1 Å². The summed E-state index contributed by atoms with van der Waals surface area (Å²) in [5.74, 6) is 0.189. The number of carbonyl (C=O) groups is 1. The van der Waals surface area contributed by atoms with Crippen LogP contribution in [-0.4, -0.2) is 24.8 Å². The van der Waals surface area contributed by atoms with Gasteiger partial charge in [0, 0.05) is 0 Å². The number of methoxy groups -OCH3 is 1. The zero-order valence-electron chi connectivity index (χ0n) is 12.6. The van der Waals surface area contributed by atoms with Crippen molar-refractivity contribution in [2.75, 3.05) is 13.7 Å². The van der Waals surface area contributed by atoms with E-state index < -0.39 is 11.9 Å². The first-order chi connectivity index (χ1) is 10.7. The maximum absolute atomic E-state index is 11.4. The molecule has 0 amide bonds. The molecule has 0 fully saturated rings. The van der Waals surface area contributed by atoms with E-state index in [9.17, 15) is 9.90 Å². The third-order valence-electron chi connectivity index (χ3n) is 3.47. The van der Waals surface area contributed by atoms with E-state index in [1.165, 1.54) is 0 Å². The Hall–Kier alpha value is -2.49. The molecule has 0 heterocycles. The van der Waals surface area contributed by atoms with E-state index in [-0.39, 0.29) is 0 Å². The zero-order valence-corrected chi connectivity index (χ0v) is 12.6. The first kappa shape index (κ1) is 15.9.